The number of hydrogen-bond acceptors (Lipinski definition) is 3. The number of nitrogens with one attached hydrogen (secondary N) is 1. The van der Waals surface area contributed by atoms with Crippen LogP contribution in [0.5, 0.6) is 5.75 Å². The molecule has 3 aromatic rings. The van der Waals surface area contributed by atoms with Gasteiger partial charge in [0.2, 0.25) is 0 Å². The van der Waals surface area contributed by atoms with Crippen LogP contribution in [-0.4, -0.2) is 12.8 Å². The molecule has 0 aliphatic carbocycles. The Kier molecular flexibility index (Phi) is 6.07. The fraction of sp³-hybridized carbons (Fsp3) is 0.105. The van der Waals surface area contributed by atoms with Crippen molar-refractivity contribution in [2.24, 2.45) is 5.10 Å². The van der Waals surface area contributed by atoms with Crippen molar-refractivity contribution < 1.29 is 4.74 Å². The number of rotatable bonds is 4. The van der Waals surface area contributed by atoms with E-state index in [1.807, 2.05) is 43.3 Å². The fourth-order valence-electron chi connectivity index (χ4n) is 2.31. The van der Waals surface area contributed by atoms with Crippen LogP contribution in [-0.2, 0) is 0 Å². The Hall–Kier alpha value is -2.23. The predicted molar refractivity (Wildman–Crippen MR) is 105 cm³/mol. The molecule has 0 atom stereocenters. The van der Waals surface area contributed by atoms with Crippen molar-refractivity contribution in [3.05, 3.63) is 71.2 Å². The summed E-state index contributed by atoms with van der Waals surface area (Å²) >= 11 is 5.87. The van der Waals surface area contributed by atoms with Crippen LogP contribution in [0.2, 0.25) is 5.02 Å². The quantitative estimate of drug-likeness (QED) is 0.473. The fourth-order valence-corrected chi connectivity index (χ4v) is 2.44. The number of methoxy groups -OCH3 is 1. The van der Waals surface area contributed by atoms with Gasteiger partial charge in [0, 0.05) is 5.02 Å². The molecule has 3 nitrogen and oxygen atoms in total. The number of hydrazone groups is 1. The highest BCUT2D eigenvalue weighted by Gasteiger charge is 2.02. The maximum atomic E-state index is 5.87. The molecule has 0 aromatic heterocycles. The molecule has 124 valence electrons. The Morgan fingerprint density at radius 2 is 1.62 bits per heavy atom. The second kappa shape index (κ2) is 8.04. The van der Waals surface area contributed by atoms with Gasteiger partial charge in [-0.1, -0.05) is 29.8 Å². The van der Waals surface area contributed by atoms with Gasteiger partial charge in [0.05, 0.1) is 18.5 Å². The standard InChI is InChI=1S/C19H17ClN2O.ClH/c1-13(21-22-18-8-6-17(20)7-9-18)14-3-4-16-12-19(23-2)10-5-15(16)11-14;/h3-12,22H,1-2H3;1H/b21-13+;. The molecule has 0 aliphatic heterocycles. The zero-order valence-corrected chi connectivity index (χ0v) is 15.0. The molecule has 3 rings (SSSR count). The Balaban J connectivity index is 0.00000208. The van der Waals surface area contributed by atoms with Gasteiger partial charge in [0.25, 0.3) is 0 Å². The van der Waals surface area contributed by atoms with Gasteiger partial charge >= 0.3 is 0 Å². The summed E-state index contributed by atoms with van der Waals surface area (Å²) in [6, 6.07) is 19.8. The minimum atomic E-state index is 0. The molecule has 0 radical (unpaired) electrons. The van der Waals surface area contributed by atoms with Crippen molar-refractivity contribution in [1.29, 1.82) is 0 Å². The van der Waals surface area contributed by atoms with E-state index in [2.05, 4.69) is 34.8 Å². The molecule has 0 fully saturated rings. The van der Waals surface area contributed by atoms with E-state index in [0.717, 1.165) is 33.5 Å². The highest BCUT2D eigenvalue weighted by molar-refractivity contribution is 6.30. The van der Waals surface area contributed by atoms with Crippen LogP contribution in [0.25, 0.3) is 10.8 Å². The molecule has 0 spiro atoms. The van der Waals surface area contributed by atoms with E-state index < -0.39 is 0 Å². The van der Waals surface area contributed by atoms with Gasteiger partial charge < -0.3 is 4.74 Å². The first-order chi connectivity index (χ1) is 11.2. The molecule has 24 heavy (non-hydrogen) atoms. The molecular weight excluding hydrogens is 343 g/mol. The number of halogens is 2. The van der Waals surface area contributed by atoms with Crippen LogP contribution in [0, 0.1) is 0 Å². The average molecular weight is 361 g/mol. The van der Waals surface area contributed by atoms with Crippen molar-refractivity contribution >= 4 is 46.2 Å². The van der Waals surface area contributed by atoms with Crippen LogP contribution < -0.4 is 10.2 Å². The van der Waals surface area contributed by atoms with Crippen LogP contribution in [0.15, 0.2) is 65.8 Å². The van der Waals surface area contributed by atoms with Gasteiger partial charge in [-0.3, -0.25) is 5.43 Å². The van der Waals surface area contributed by atoms with Crippen molar-refractivity contribution in [2.45, 2.75) is 6.92 Å². The molecule has 0 amide bonds. The largest absolute Gasteiger partial charge is 0.497 e. The van der Waals surface area contributed by atoms with Crippen molar-refractivity contribution in [3.63, 3.8) is 0 Å². The maximum Gasteiger partial charge on any atom is 0.119 e. The van der Waals surface area contributed by atoms with Gasteiger partial charge in [-0.15, -0.1) is 12.4 Å². The Bertz CT molecular complexity index is 861. The third kappa shape index (κ3) is 4.19. The minimum Gasteiger partial charge on any atom is -0.497 e. The topological polar surface area (TPSA) is 33.6 Å². The number of hydrogen-bond donors (Lipinski definition) is 1. The van der Waals surface area contributed by atoms with E-state index in [-0.39, 0.29) is 12.4 Å². The zero-order valence-electron chi connectivity index (χ0n) is 13.4. The Morgan fingerprint density at radius 1 is 0.958 bits per heavy atom. The number of anilines is 1. The van der Waals surface area contributed by atoms with Gasteiger partial charge in [-0.25, -0.2) is 0 Å². The summed E-state index contributed by atoms with van der Waals surface area (Å²) < 4.78 is 5.25. The second-order valence-electron chi connectivity index (χ2n) is 5.24. The summed E-state index contributed by atoms with van der Waals surface area (Å²) in [6.45, 7) is 1.98. The third-order valence-electron chi connectivity index (χ3n) is 3.66. The number of nitrogens with zero attached hydrogens (tertiary/aromatic N) is 1. The van der Waals surface area contributed by atoms with Crippen LogP contribution in [0.3, 0.4) is 0 Å². The molecule has 0 saturated carbocycles. The molecule has 3 aromatic carbocycles. The first-order valence-electron chi connectivity index (χ1n) is 7.30. The summed E-state index contributed by atoms with van der Waals surface area (Å²) in [5.74, 6) is 0.861. The number of fused-ring (bicyclic) bond motifs is 1. The van der Waals surface area contributed by atoms with Crippen molar-refractivity contribution in [3.8, 4) is 5.75 Å². The predicted octanol–water partition coefficient (Wildman–Crippen LogP) is 5.76. The Morgan fingerprint density at radius 3 is 2.33 bits per heavy atom. The summed E-state index contributed by atoms with van der Waals surface area (Å²) in [4.78, 5) is 0. The van der Waals surface area contributed by atoms with Gasteiger partial charge in [-0.2, -0.15) is 5.10 Å². The lowest BCUT2D eigenvalue weighted by Crippen LogP contribution is -1.99. The van der Waals surface area contributed by atoms with E-state index in [1.54, 1.807) is 7.11 Å². The SMILES string of the molecule is COc1ccc2cc(/C(C)=N/Nc3ccc(Cl)cc3)ccc2c1.Cl. The molecule has 1 N–H and O–H groups in total. The minimum absolute atomic E-state index is 0. The second-order valence-corrected chi connectivity index (χ2v) is 5.68. The van der Waals surface area contributed by atoms with Gasteiger partial charge in [-0.05, 0) is 65.7 Å². The lowest BCUT2D eigenvalue weighted by Gasteiger charge is -2.07. The average Bonchev–Trinajstić information content (AvgIpc) is 2.60. The van der Waals surface area contributed by atoms with Gasteiger partial charge in [0.1, 0.15) is 5.75 Å². The summed E-state index contributed by atoms with van der Waals surface area (Å²) in [7, 11) is 1.68. The number of benzene rings is 3. The lowest BCUT2D eigenvalue weighted by atomic mass is 10.0. The maximum absolute atomic E-state index is 5.87. The summed E-state index contributed by atoms with van der Waals surface area (Å²) in [5, 5.41) is 7.44. The third-order valence-corrected chi connectivity index (χ3v) is 3.91. The molecule has 5 heteroatoms. The lowest BCUT2D eigenvalue weighted by molar-refractivity contribution is 0.415. The van der Waals surface area contributed by atoms with Gasteiger partial charge in [0.15, 0.2) is 0 Å². The smallest absolute Gasteiger partial charge is 0.119 e. The molecule has 0 aliphatic rings. The highest BCUT2D eigenvalue weighted by atomic mass is 35.5. The van der Waals surface area contributed by atoms with E-state index in [4.69, 9.17) is 16.3 Å². The molecule has 0 unspecified atom stereocenters. The van der Waals surface area contributed by atoms with E-state index >= 15 is 0 Å². The first-order valence-corrected chi connectivity index (χ1v) is 7.67. The summed E-state index contributed by atoms with van der Waals surface area (Å²) in [5.41, 5.74) is 5.94. The van der Waals surface area contributed by atoms with E-state index in [0.29, 0.717) is 5.02 Å². The zero-order chi connectivity index (χ0) is 16.2. The van der Waals surface area contributed by atoms with E-state index in [1.165, 1.54) is 0 Å². The molecule has 0 heterocycles. The van der Waals surface area contributed by atoms with Crippen LogP contribution in [0.4, 0.5) is 5.69 Å². The number of ether oxygens (including phenoxy) is 1. The van der Waals surface area contributed by atoms with Crippen LogP contribution >= 0.6 is 24.0 Å². The summed E-state index contributed by atoms with van der Waals surface area (Å²) in [6.07, 6.45) is 0. The first kappa shape index (κ1) is 18.1. The monoisotopic (exact) mass is 360 g/mol. The normalized spacial score (nSPS) is 11.0. The molecule has 0 saturated heterocycles. The highest BCUT2D eigenvalue weighted by Crippen LogP contribution is 2.22. The Labute approximate surface area is 152 Å². The van der Waals surface area contributed by atoms with Crippen molar-refractivity contribution in [1.82, 2.24) is 0 Å². The van der Waals surface area contributed by atoms with Crippen LogP contribution in [0.1, 0.15) is 12.5 Å². The van der Waals surface area contributed by atoms with Crippen molar-refractivity contribution in [2.75, 3.05) is 12.5 Å². The molecular formula is C19H18Cl2N2O. The molecule has 0 bridgehead atoms. The van der Waals surface area contributed by atoms with E-state index in [9.17, 15) is 0 Å².